The summed E-state index contributed by atoms with van der Waals surface area (Å²) >= 11 is 0. The second-order valence-electron chi connectivity index (χ2n) is 4.48. The molecule has 4 N–H and O–H groups in total. The van der Waals surface area contributed by atoms with E-state index >= 15 is 0 Å². The summed E-state index contributed by atoms with van der Waals surface area (Å²) in [5.74, 6) is -0.239. The van der Waals surface area contributed by atoms with Crippen LogP contribution < -0.4 is 5.73 Å². The first-order chi connectivity index (χ1) is 8.72. The zero-order valence-electron chi connectivity index (χ0n) is 10.1. The molecule has 0 amide bonds. The summed E-state index contributed by atoms with van der Waals surface area (Å²) in [6, 6.07) is 9.60. The Morgan fingerprint density at radius 1 is 1.22 bits per heavy atom. The summed E-state index contributed by atoms with van der Waals surface area (Å²) < 4.78 is 10.8. The van der Waals surface area contributed by atoms with Crippen LogP contribution in [-0.4, -0.2) is 41.9 Å². The van der Waals surface area contributed by atoms with Gasteiger partial charge in [0.05, 0.1) is 19.3 Å². The van der Waals surface area contributed by atoms with E-state index in [1.807, 2.05) is 30.3 Å². The third-order valence-electron chi connectivity index (χ3n) is 3.15. The standard InChI is InChI=1S/C13H19NO4/c14-6-10-8-18-13(12(16)11(10)15)17-7-9-4-2-1-3-5-9/h1-5,10-13,15-16H,6-8,14H2/t10-,11-,12+,13-/m1/s1. The number of aliphatic hydroxyl groups is 2. The normalized spacial score (nSPS) is 32.4. The van der Waals surface area contributed by atoms with E-state index in [9.17, 15) is 10.2 Å². The van der Waals surface area contributed by atoms with Crippen LogP contribution in [0.1, 0.15) is 5.56 Å². The Morgan fingerprint density at radius 3 is 2.61 bits per heavy atom. The minimum absolute atomic E-state index is 0.239. The average molecular weight is 253 g/mol. The molecule has 5 nitrogen and oxygen atoms in total. The maximum absolute atomic E-state index is 9.86. The monoisotopic (exact) mass is 253 g/mol. The van der Waals surface area contributed by atoms with E-state index in [0.717, 1.165) is 5.56 Å². The molecule has 0 bridgehead atoms. The van der Waals surface area contributed by atoms with Crippen LogP contribution in [-0.2, 0) is 16.1 Å². The van der Waals surface area contributed by atoms with Crippen molar-refractivity contribution < 1.29 is 19.7 Å². The van der Waals surface area contributed by atoms with Crippen molar-refractivity contribution in [3.63, 3.8) is 0 Å². The zero-order chi connectivity index (χ0) is 13.0. The van der Waals surface area contributed by atoms with Gasteiger partial charge in [-0.05, 0) is 12.1 Å². The highest BCUT2D eigenvalue weighted by molar-refractivity contribution is 5.13. The summed E-state index contributed by atoms with van der Waals surface area (Å²) in [5.41, 5.74) is 6.46. The van der Waals surface area contributed by atoms with Gasteiger partial charge in [0.25, 0.3) is 0 Å². The number of ether oxygens (including phenoxy) is 2. The Kier molecular flexibility index (Phi) is 4.68. The molecule has 2 rings (SSSR count). The summed E-state index contributed by atoms with van der Waals surface area (Å²) in [4.78, 5) is 0. The highest BCUT2D eigenvalue weighted by atomic mass is 16.7. The van der Waals surface area contributed by atoms with Crippen LogP contribution in [0.2, 0.25) is 0 Å². The van der Waals surface area contributed by atoms with Crippen LogP contribution >= 0.6 is 0 Å². The molecule has 1 fully saturated rings. The van der Waals surface area contributed by atoms with E-state index in [1.165, 1.54) is 0 Å². The first-order valence-corrected chi connectivity index (χ1v) is 6.05. The van der Waals surface area contributed by atoms with Crippen molar-refractivity contribution in [3.05, 3.63) is 35.9 Å². The van der Waals surface area contributed by atoms with Crippen molar-refractivity contribution in [3.8, 4) is 0 Å². The van der Waals surface area contributed by atoms with Crippen LogP contribution in [0.4, 0.5) is 0 Å². The van der Waals surface area contributed by atoms with Gasteiger partial charge in [-0.2, -0.15) is 0 Å². The summed E-state index contributed by atoms with van der Waals surface area (Å²) in [7, 11) is 0. The van der Waals surface area contributed by atoms with Crippen molar-refractivity contribution in [2.24, 2.45) is 11.7 Å². The molecule has 0 aliphatic carbocycles. The van der Waals surface area contributed by atoms with Crippen LogP contribution in [0.5, 0.6) is 0 Å². The van der Waals surface area contributed by atoms with E-state index in [4.69, 9.17) is 15.2 Å². The van der Waals surface area contributed by atoms with Gasteiger partial charge in [0.2, 0.25) is 0 Å². The topological polar surface area (TPSA) is 84.9 Å². The van der Waals surface area contributed by atoms with Gasteiger partial charge in [-0.3, -0.25) is 0 Å². The van der Waals surface area contributed by atoms with Gasteiger partial charge in [0, 0.05) is 5.92 Å². The smallest absolute Gasteiger partial charge is 0.186 e. The predicted octanol–water partition coefficient (Wildman–Crippen LogP) is -0.144. The molecule has 100 valence electrons. The SMILES string of the molecule is NC[C@@H]1CO[C@@H](OCc2ccccc2)[C@@H](O)[C@@H]1O. The average Bonchev–Trinajstić information content (AvgIpc) is 2.42. The molecule has 0 radical (unpaired) electrons. The number of nitrogens with two attached hydrogens (primary N) is 1. The fourth-order valence-electron chi connectivity index (χ4n) is 1.96. The van der Waals surface area contributed by atoms with E-state index < -0.39 is 18.5 Å². The molecule has 0 spiro atoms. The van der Waals surface area contributed by atoms with Crippen molar-refractivity contribution in [2.45, 2.75) is 25.1 Å². The molecular weight excluding hydrogens is 234 g/mol. The molecule has 0 unspecified atom stereocenters. The maximum atomic E-state index is 9.86. The molecule has 0 saturated carbocycles. The summed E-state index contributed by atoms with van der Waals surface area (Å²) in [6.07, 6.45) is -2.76. The molecule has 1 aliphatic heterocycles. The summed E-state index contributed by atoms with van der Waals surface area (Å²) in [5, 5.41) is 19.7. The van der Waals surface area contributed by atoms with Gasteiger partial charge in [-0.15, -0.1) is 0 Å². The van der Waals surface area contributed by atoms with Crippen molar-refractivity contribution >= 4 is 0 Å². The fourth-order valence-corrected chi connectivity index (χ4v) is 1.96. The second-order valence-corrected chi connectivity index (χ2v) is 4.48. The van der Waals surface area contributed by atoms with E-state index in [-0.39, 0.29) is 12.5 Å². The zero-order valence-corrected chi connectivity index (χ0v) is 10.1. The number of aliphatic hydroxyl groups excluding tert-OH is 2. The Balaban J connectivity index is 1.87. The van der Waals surface area contributed by atoms with Crippen LogP contribution in [0.25, 0.3) is 0 Å². The lowest BCUT2D eigenvalue weighted by Gasteiger charge is -2.36. The third-order valence-corrected chi connectivity index (χ3v) is 3.15. The number of hydrogen-bond acceptors (Lipinski definition) is 5. The number of benzene rings is 1. The lowest BCUT2D eigenvalue weighted by atomic mass is 9.96. The largest absolute Gasteiger partial charge is 0.390 e. The number of rotatable bonds is 4. The number of hydrogen-bond donors (Lipinski definition) is 3. The molecule has 18 heavy (non-hydrogen) atoms. The van der Waals surface area contributed by atoms with Crippen molar-refractivity contribution in [1.29, 1.82) is 0 Å². The van der Waals surface area contributed by atoms with Crippen molar-refractivity contribution in [1.82, 2.24) is 0 Å². The van der Waals surface area contributed by atoms with Crippen LogP contribution in [0.3, 0.4) is 0 Å². The van der Waals surface area contributed by atoms with Gasteiger partial charge >= 0.3 is 0 Å². The molecule has 1 saturated heterocycles. The van der Waals surface area contributed by atoms with Gasteiger partial charge in [0.1, 0.15) is 6.10 Å². The molecule has 1 heterocycles. The summed E-state index contributed by atoms with van der Waals surface area (Å²) in [6.45, 7) is 0.917. The highest BCUT2D eigenvalue weighted by Gasteiger charge is 2.38. The lowest BCUT2D eigenvalue weighted by molar-refractivity contribution is -0.262. The highest BCUT2D eigenvalue weighted by Crippen LogP contribution is 2.21. The Hall–Kier alpha value is -0.980. The Morgan fingerprint density at radius 2 is 1.94 bits per heavy atom. The molecular formula is C13H19NO4. The minimum Gasteiger partial charge on any atom is -0.390 e. The van der Waals surface area contributed by atoms with E-state index in [2.05, 4.69) is 0 Å². The van der Waals surface area contributed by atoms with Crippen molar-refractivity contribution in [2.75, 3.05) is 13.2 Å². The molecule has 0 aromatic heterocycles. The third kappa shape index (κ3) is 3.07. The fraction of sp³-hybridized carbons (Fsp3) is 0.538. The van der Waals surface area contributed by atoms with E-state index in [0.29, 0.717) is 13.2 Å². The van der Waals surface area contributed by atoms with E-state index in [1.54, 1.807) is 0 Å². The lowest BCUT2D eigenvalue weighted by Crippen LogP contribution is -2.52. The second kappa shape index (κ2) is 6.26. The van der Waals surface area contributed by atoms with Gasteiger partial charge < -0.3 is 25.4 Å². The first kappa shape index (κ1) is 13.5. The first-order valence-electron chi connectivity index (χ1n) is 6.05. The molecule has 1 aromatic carbocycles. The van der Waals surface area contributed by atoms with Crippen LogP contribution in [0.15, 0.2) is 30.3 Å². The van der Waals surface area contributed by atoms with Gasteiger partial charge in [-0.1, -0.05) is 30.3 Å². The Bertz CT molecular complexity index is 359. The molecule has 4 atom stereocenters. The molecule has 1 aromatic rings. The van der Waals surface area contributed by atoms with Gasteiger partial charge in [-0.25, -0.2) is 0 Å². The predicted molar refractivity (Wildman–Crippen MR) is 65.5 cm³/mol. The van der Waals surface area contributed by atoms with Gasteiger partial charge in [0.15, 0.2) is 6.29 Å². The molecule has 5 heteroatoms. The van der Waals surface area contributed by atoms with Crippen LogP contribution in [0, 0.1) is 5.92 Å². The quantitative estimate of drug-likeness (QED) is 0.695. The maximum Gasteiger partial charge on any atom is 0.186 e. The Labute approximate surface area is 106 Å². The molecule has 1 aliphatic rings. The minimum atomic E-state index is -1.06.